The van der Waals surface area contributed by atoms with Crippen molar-refractivity contribution >= 4 is 11.6 Å². The summed E-state index contributed by atoms with van der Waals surface area (Å²) in [6.07, 6.45) is -9.62. The van der Waals surface area contributed by atoms with Crippen LogP contribution in [-0.2, 0) is 18.9 Å². The Morgan fingerprint density at radius 3 is 2.17 bits per heavy atom. The molecule has 2 aromatic carbocycles. The fraction of sp³-hybridized carbons (Fsp3) is 0.158. The Bertz CT molecular complexity index is 1100. The van der Waals surface area contributed by atoms with Crippen molar-refractivity contribution in [3.63, 3.8) is 0 Å². The van der Waals surface area contributed by atoms with Gasteiger partial charge in [0.25, 0.3) is 5.56 Å². The molecule has 0 spiro atoms. The molecule has 0 saturated heterocycles. The van der Waals surface area contributed by atoms with Crippen LogP contribution in [0.3, 0.4) is 0 Å². The van der Waals surface area contributed by atoms with Crippen LogP contribution in [0.1, 0.15) is 16.8 Å². The molecule has 0 bridgehead atoms. The Morgan fingerprint density at radius 1 is 0.900 bits per heavy atom. The van der Waals surface area contributed by atoms with Gasteiger partial charge < -0.3 is 5.32 Å². The lowest BCUT2D eigenvalue weighted by Gasteiger charge is -2.17. The SMILES string of the molecule is O=c1cc(C(F)(F)F)nc(Nc2cccc(C(F)(F)F)c2)n1Cc1ccc(F)cc1. The maximum atomic E-state index is 13.1. The van der Waals surface area contributed by atoms with E-state index >= 15 is 0 Å². The molecule has 0 aliphatic carbocycles. The first-order chi connectivity index (χ1) is 13.9. The van der Waals surface area contributed by atoms with E-state index in [-0.39, 0.29) is 18.3 Å². The highest BCUT2D eigenvalue weighted by Crippen LogP contribution is 2.32. The zero-order chi connectivity index (χ0) is 22.1. The van der Waals surface area contributed by atoms with E-state index in [2.05, 4.69) is 10.3 Å². The van der Waals surface area contributed by atoms with E-state index in [1.165, 1.54) is 18.2 Å². The van der Waals surface area contributed by atoms with Crippen LogP contribution in [0.4, 0.5) is 42.4 Å². The number of hydrogen-bond donors (Lipinski definition) is 1. The Balaban J connectivity index is 2.07. The van der Waals surface area contributed by atoms with Gasteiger partial charge in [-0.25, -0.2) is 9.37 Å². The summed E-state index contributed by atoms with van der Waals surface area (Å²) in [4.78, 5) is 15.7. The predicted octanol–water partition coefficient (Wildman–Crippen LogP) is 5.21. The standard InChI is InChI=1S/C19H12F7N3O/c20-13-6-4-11(5-7-13)10-29-16(30)9-15(19(24,25)26)28-17(29)27-14-3-1-2-12(8-14)18(21,22)23/h1-9H,10H2,(H,27,28). The van der Waals surface area contributed by atoms with Crippen LogP contribution in [0.15, 0.2) is 59.4 Å². The third kappa shape index (κ3) is 4.97. The molecule has 11 heteroatoms. The summed E-state index contributed by atoms with van der Waals surface area (Å²) in [6, 6.07) is 8.80. The molecule has 30 heavy (non-hydrogen) atoms. The molecule has 0 aliphatic heterocycles. The van der Waals surface area contributed by atoms with Crippen LogP contribution in [-0.4, -0.2) is 9.55 Å². The van der Waals surface area contributed by atoms with Crippen molar-refractivity contribution in [3.8, 4) is 0 Å². The molecule has 158 valence electrons. The Labute approximate surface area is 164 Å². The second-order valence-corrected chi connectivity index (χ2v) is 6.22. The zero-order valence-electron chi connectivity index (χ0n) is 14.9. The lowest BCUT2D eigenvalue weighted by Crippen LogP contribution is -2.27. The number of anilines is 2. The number of aromatic nitrogens is 2. The molecule has 0 saturated carbocycles. The lowest BCUT2D eigenvalue weighted by atomic mass is 10.2. The smallest absolute Gasteiger partial charge is 0.325 e. The predicted molar refractivity (Wildman–Crippen MR) is 93.7 cm³/mol. The van der Waals surface area contributed by atoms with Gasteiger partial charge in [-0.15, -0.1) is 0 Å². The van der Waals surface area contributed by atoms with Gasteiger partial charge in [0.1, 0.15) is 5.82 Å². The number of alkyl halides is 6. The second kappa shape index (κ2) is 7.81. The minimum Gasteiger partial charge on any atom is -0.325 e. The molecule has 0 fully saturated rings. The van der Waals surface area contributed by atoms with E-state index in [1.807, 2.05) is 0 Å². The summed E-state index contributed by atoms with van der Waals surface area (Å²) in [5.41, 5.74) is -3.48. The molecule has 1 heterocycles. The van der Waals surface area contributed by atoms with E-state index in [4.69, 9.17) is 0 Å². The first-order valence-corrected chi connectivity index (χ1v) is 8.31. The normalized spacial score (nSPS) is 12.1. The largest absolute Gasteiger partial charge is 0.433 e. The maximum absolute atomic E-state index is 13.1. The third-order valence-electron chi connectivity index (χ3n) is 4.00. The maximum Gasteiger partial charge on any atom is 0.433 e. The quantitative estimate of drug-likeness (QED) is 0.577. The Hall–Kier alpha value is -3.37. The van der Waals surface area contributed by atoms with Gasteiger partial charge in [-0.1, -0.05) is 18.2 Å². The van der Waals surface area contributed by atoms with Crippen LogP contribution >= 0.6 is 0 Å². The number of rotatable bonds is 4. The molecule has 1 N–H and O–H groups in total. The van der Waals surface area contributed by atoms with Gasteiger partial charge in [0.05, 0.1) is 12.1 Å². The molecular weight excluding hydrogens is 419 g/mol. The van der Waals surface area contributed by atoms with Crippen molar-refractivity contribution < 1.29 is 30.7 Å². The van der Waals surface area contributed by atoms with Gasteiger partial charge in [-0.05, 0) is 35.9 Å². The summed E-state index contributed by atoms with van der Waals surface area (Å²) in [5, 5.41) is 2.35. The van der Waals surface area contributed by atoms with Crippen molar-refractivity contribution in [1.29, 1.82) is 0 Å². The summed E-state index contributed by atoms with van der Waals surface area (Å²) in [5.74, 6) is -1.17. The average Bonchev–Trinajstić information content (AvgIpc) is 2.64. The molecule has 3 rings (SSSR count). The van der Waals surface area contributed by atoms with Gasteiger partial charge in [0.2, 0.25) is 5.95 Å². The molecule has 4 nitrogen and oxygen atoms in total. The van der Waals surface area contributed by atoms with Gasteiger partial charge >= 0.3 is 12.4 Å². The van der Waals surface area contributed by atoms with Gasteiger partial charge in [-0.2, -0.15) is 26.3 Å². The van der Waals surface area contributed by atoms with Crippen molar-refractivity contribution in [3.05, 3.63) is 87.6 Å². The highest BCUT2D eigenvalue weighted by molar-refractivity contribution is 5.55. The monoisotopic (exact) mass is 431 g/mol. The van der Waals surface area contributed by atoms with Gasteiger partial charge in [0, 0.05) is 11.8 Å². The van der Waals surface area contributed by atoms with E-state index < -0.39 is 40.9 Å². The van der Waals surface area contributed by atoms with Gasteiger partial charge in [-0.3, -0.25) is 9.36 Å². The molecular formula is C19H12F7N3O. The number of halogens is 7. The number of nitrogens with one attached hydrogen (secondary N) is 1. The minimum atomic E-state index is -4.95. The third-order valence-corrected chi connectivity index (χ3v) is 4.00. The number of nitrogens with zero attached hydrogens (tertiary/aromatic N) is 2. The molecule has 0 aliphatic rings. The molecule has 0 atom stereocenters. The molecule has 0 amide bonds. The van der Waals surface area contributed by atoms with Crippen LogP contribution in [0.5, 0.6) is 0 Å². The van der Waals surface area contributed by atoms with Crippen molar-refractivity contribution in [2.24, 2.45) is 0 Å². The first kappa shape index (κ1) is 21.3. The fourth-order valence-corrected chi connectivity index (χ4v) is 2.57. The van der Waals surface area contributed by atoms with Crippen molar-refractivity contribution in [2.45, 2.75) is 18.9 Å². The van der Waals surface area contributed by atoms with Crippen molar-refractivity contribution in [1.82, 2.24) is 9.55 Å². The highest BCUT2D eigenvalue weighted by Gasteiger charge is 2.34. The topological polar surface area (TPSA) is 46.9 Å². The van der Waals surface area contributed by atoms with E-state index in [0.717, 1.165) is 28.8 Å². The van der Waals surface area contributed by atoms with Crippen LogP contribution in [0, 0.1) is 5.82 Å². The minimum absolute atomic E-state index is 0.219. The Morgan fingerprint density at radius 2 is 1.57 bits per heavy atom. The van der Waals surface area contributed by atoms with Crippen LogP contribution in [0.2, 0.25) is 0 Å². The van der Waals surface area contributed by atoms with E-state index in [9.17, 15) is 35.5 Å². The van der Waals surface area contributed by atoms with E-state index in [0.29, 0.717) is 11.6 Å². The molecule has 0 unspecified atom stereocenters. The number of benzene rings is 2. The summed E-state index contributed by atoms with van der Waals surface area (Å²) < 4.78 is 91.9. The van der Waals surface area contributed by atoms with Crippen LogP contribution < -0.4 is 10.9 Å². The summed E-state index contributed by atoms with van der Waals surface area (Å²) in [6.45, 7) is -0.286. The zero-order valence-corrected chi connectivity index (χ0v) is 14.9. The fourth-order valence-electron chi connectivity index (χ4n) is 2.57. The Kier molecular flexibility index (Phi) is 5.55. The molecule has 0 radical (unpaired) electrons. The first-order valence-electron chi connectivity index (χ1n) is 8.31. The number of hydrogen-bond acceptors (Lipinski definition) is 3. The second-order valence-electron chi connectivity index (χ2n) is 6.22. The summed E-state index contributed by atoms with van der Waals surface area (Å²) in [7, 11) is 0. The van der Waals surface area contributed by atoms with Crippen molar-refractivity contribution in [2.75, 3.05) is 5.32 Å². The molecule has 1 aromatic heterocycles. The summed E-state index contributed by atoms with van der Waals surface area (Å²) >= 11 is 0. The average molecular weight is 431 g/mol. The molecule has 3 aromatic rings. The van der Waals surface area contributed by atoms with Crippen LogP contribution in [0.25, 0.3) is 0 Å². The lowest BCUT2D eigenvalue weighted by molar-refractivity contribution is -0.141. The highest BCUT2D eigenvalue weighted by atomic mass is 19.4. The van der Waals surface area contributed by atoms with Gasteiger partial charge in [0.15, 0.2) is 5.69 Å². The van der Waals surface area contributed by atoms with E-state index in [1.54, 1.807) is 0 Å².